The van der Waals surface area contributed by atoms with E-state index in [4.69, 9.17) is 0 Å². The van der Waals surface area contributed by atoms with Crippen molar-refractivity contribution in [2.45, 2.75) is 96.8 Å². The van der Waals surface area contributed by atoms with E-state index in [0.29, 0.717) is 0 Å². The molecule has 0 amide bonds. The summed E-state index contributed by atoms with van der Waals surface area (Å²) in [5.74, 6) is 7.75. The summed E-state index contributed by atoms with van der Waals surface area (Å²) in [7, 11) is 0. The predicted octanol–water partition coefficient (Wildman–Crippen LogP) is 6.84. The zero-order chi connectivity index (χ0) is 14.9. The van der Waals surface area contributed by atoms with Crippen molar-refractivity contribution in [3.05, 3.63) is 0 Å². The average Bonchev–Trinajstić information content (AvgIpc) is 2.60. The van der Waals surface area contributed by atoms with Crippen LogP contribution in [-0.4, -0.2) is 0 Å². The lowest BCUT2D eigenvalue weighted by Gasteiger charge is -2.50. The molecule has 6 atom stereocenters. The molecule has 0 heteroatoms. The zero-order valence-electron chi connectivity index (χ0n) is 14.9. The fourth-order valence-corrected chi connectivity index (χ4v) is 7.60. The summed E-state index contributed by atoms with van der Waals surface area (Å²) in [6, 6.07) is 0. The maximum Gasteiger partial charge on any atom is -0.0355 e. The Balaban J connectivity index is 1.48. The van der Waals surface area contributed by atoms with Crippen LogP contribution in [0.1, 0.15) is 96.8 Å². The van der Waals surface area contributed by atoms with Gasteiger partial charge in [-0.05, 0) is 67.1 Å². The smallest absolute Gasteiger partial charge is 0.0355 e. The number of hydrogen-bond acceptors (Lipinski definition) is 0. The molecule has 22 heavy (non-hydrogen) atoms. The molecule has 4 aliphatic rings. The van der Waals surface area contributed by atoms with Gasteiger partial charge >= 0.3 is 0 Å². The molecule has 0 saturated heterocycles. The van der Waals surface area contributed by atoms with Crippen molar-refractivity contribution < 1.29 is 0 Å². The molecule has 0 aromatic rings. The Kier molecular flexibility index (Phi) is 4.84. The molecular weight excluding hydrogens is 264 g/mol. The number of hydrogen-bond donors (Lipinski definition) is 0. The highest BCUT2D eigenvalue weighted by Crippen LogP contribution is 2.53. The largest absolute Gasteiger partial charge is 0.0620 e. The van der Waals surface area contributed by atoms with Gasteiger partial charge in [0, 0.05) is 0 Å². The predicted molar refractivity (Wildman–Crippen MR) is 94.7 cm³/mol. The second kappa shape index (κ2) is 6.86. The molecule has 0 radical (unpaired) electrons. The van der Waals surface area contributed by atoms with Gasteiger partial charge in [-0.25, -0.2) is 0 Å². The summed E-state index contributed by atoms with van der Waals surface area (Å²) in [6.07, 6.45) is 21.9. The van der Waals surface area contributed by atoms with E-state index in [-0.39, 0.29) is 0 Å². The highest BCUT2D eigenvalue weighted by molar-refractivity contribution is 4.93. The van der Waals surface area contributed by atoms with Crippen molar-refractivity contribution in [2.24, 2.45) is 41.4 Å². The fraction of sp³-hybridized carbons (Fsp3) is 1.00. The van der Waals surface area contributed by atoms with Crippen LogP contribution in [-0.2, 0) is 0 Å². The van der Waals surface area contributed by atoms with Crippen molar-refractivity contribution in [3.63, 3.8) is 0 Å². The van der Waals surface area contributed by atoms with Gasteiger partial charge in [-0.2, -0.15) is 0 Å². The maximum atomic E-state index is 2.70. The first kappa shape index (κ1) is 15.5. The minimum Gasteiger partial charge on any atom is -0.0620 e. The monoisotopic (exact) mass is 302 g/mol. The van der Waals surface area contributed by atoms with E-state index in [1.54, 1.807) is 77.0 Å². The Hall–Kier alpha value is 0. The molecule has 6 unspecified atom stereocenters. The molecule has 0 N–H and O–H groups in total. The minimum atomic E-state index is 1.04. The van der Waals surface area contributed by atoms with Crippen LogP contribution in [0.25, 0.3) is 0 Å². The summed E-state index contributed by atoms with van der Waals surface area (Å²) in [5.41, 5.74) is 0. The molecule has 126 valence electrons. The molecule has 0 aromatic carbocycles. The fourth-order valence-electron chi connectivity index (χ4n) is 7.60. The lowest BCUT2D eigenvalue weighted by molar-refractivity contribution is -0.00332. The number of rotatable bonds is 2. The van der Waals surface area contributed by atoms with E-state index in [0.717, 1.165) is 41.4 Å². The molecule has 0 heterocycles. The third kappa shape index (κ3) is 2.89. The first-order chi connectivity index (χ1) is 10.8. The summed E-state index contributed by atoms with van der Waals surface area (Å²) in [5, 5.41) is 0. The maximum absolute atomic E-state index is 2.70. The lowest BCUT2D eigenvalue weighted by Crippen LogP contribution is -2.41. The SMILES string of the molecule is CC(C1CCCC2CCCCC21)C1CCCC2CCCCC21. The lowest BCUT2D eigenvalue weighted by atomic mass is 9.55. The summed E-state index contributed by atoms with van der Waals surface area (Å²) in [4.78, 5) is 0. The second-order valence-electron chi connectivity index (χ2n) is 9.47. The van der Waals surface area contributed by atoms with Gasteiger partial charge in [0.15, 0.2) is 0 Å². The minimum absolute atomic E-state index is 1.04. The highest BCUT2D eigenvalue weighted by atomic mass is 14.5. The molecular formula is C22H38. The zero-order valence-corrected chi connectivity index (χ0v) is 14.9. The van der Waals surface area contributed by atoms with E-state index in [1.165, 1.54) is 12.8 Å². The van der Waals surface area contributed by atoms with E-state index in [9.17, 15) is 0 Å². The average molecular weight is 303 g/mol. The van der Waals surface area contributed by atoms with Crippen molar-refractivity contribution >= 4 is 0 Å². The standard InChI is InChI=1S/C22H38/c1-16(19-14-6-10-17-8-2-4-12-21(17)19)20-15-7-11-18-9-3-5-13-22(18)20/h16-22H,2-15H2,1H3. The molecule has 0 spiro atoms. The van der Waals surface area contributed by atoms with Crippen LogP contribution in [0.2, 0.25) is 0 Å². The Morgan fingerprint density at radius 3 is 1.41 bits per heavy atom. The van der Waals surface area contributed by atoms with Gasteiger partial charge in [-0.3, -0.25) is 0 Å². The van der Waals surface area contributed by atoms with Crippen molar-refractivity contribution in [1.82, 2.24) is 0 Å². The normalized spacial score (nSPS) is 47.3. The van der Waals surface area contributed by atoms with Gasteiger partial charge < -0.3 is 0 Å². The summed E-state index contributed by atoms with van der Waals surface area (Å²) in [6.45, 7) is 2.70. The van der Waals surface area contributed by atoms with Crippen LogP contribution in [0.15, 0.2) is 0 Å². The van der Waals surface area contributed by atoms with Gasteiger partial charge in [0.05, 0.1) is 0 Å². The topological polar surface area (TPSA) is 0 Å². The third-order valence-corrected chi connectivity index (χ3v) is 8.61. The van der Waals surface area contributed by atoms with Crippen molar-refractivity contribution in [3.8, 4) is 0 Å². The van der Waals surface area contributed by atoms with Crippen LogP contribution in [0.3, 0.4) is 0 Å². The Morgan fingerprint density at radius 2 is 0.909 bits per heavy atom. The molecule has 0 aliphatic heterocycles. The van der Waals surface area contributed by atoms with Crippen LogP contribution in [0.5, 0.6) is 0 Å². The Morgan fingerprint density at radius 1 is 0.500 bits per heavy atom. The van der Waals surface area contributed by atoms with E-state index >= 15 is 0 Å². The van der Waals surface area contributed by atoms with Gasteiger partial charge in [0.25, 0.3) is 0 Å². The number of fused-ring (bicyclic) bond motifs is 2. The van der Waals surface area contributed by atoms with Crippen molar-refractivity contribution in [1.29, 1.82) is 0 Å². The van der Waals surface area contributed by atoms with Gasteiger partial charge in [-0.1, -0.05) is 71.1 Å². The summed E-state index contributed by atoms with van der Waals surface area (Å²) < 4.78 is 0. The highest BCUT2D eigenvalue weighted by Gasteiger charge is 2.43. The van der Waals surface area contributed by atoms with E-state index in [1.807, 2.05) is 0 Å². The first-order valence-corrected chi connectivity index (χ1v) is 10.8. The second-order valence-corrected chi connectivity index (χ2v) is 9.47. The molecule has 0 nitrogen and oxygen atoms in total. The third-order valence-electron chi connectivity index (χ3n) is 8.61. The molecule has 0 aromatic heterocycles. The van der Waals surface area contributed by atoms with Gasteiger partial charge in [-0.15, -0.1) is 0 Å². The van der Waals surface area contributed by atoms with Crippen LogP contribution >= 0.6 is 0 Å². The van der Waals surface area contributed by atoms with E-state index in [2.05, 4.69) is 6.92 Å². The first-order valence-electron chi connectivity index (χ1n) is 10.8. The van der Waals surface area contributed by atoms with Crippen LogP contribution in [0.4, 0.5) is 0 Å². The van der Waals surface area contributed by atoms with Crippen LogP contribution in [0, 0.1) is 41.4 Å². The van der Waals surface area contributed by atoms with Crippen LogP contribution < -0.4 is 0 Å². The molecule has 4 fully saturated rings. The molecule has 0 bridgehead atoms. The summed E-state index contributed by atoms with van der Waals surface area (Å²) >= 11 is 0. The molecule has 4 rings (SSSR count). The quantitative estimate of drug-likeness (QED) is 0.524. The molecule has 4 aliphatic carbocycles. The van der Waals surface area contributed by atoms with E-state index < -0.39 is 0 Å². The van der Waals surface area contributed by atoms with Crippen molar-refractivity contribution in [2.75, 3.05) is 0 Å². The molecule has 4 saturated carbocycles. The van der Waals surface area contributed by atoms with Gasteiger partial charge in [0.2, 0.25) is 0 Å². The van der Waals surface area contributed by atoms with Gasteiger partial charge in [0.1, 0.15) is 0 Å². The Labute approximate surface area is 138 Å². The Bertz CT molecular complexity index is 321.